The van der Waals surface area contributed by atoms with E-state index < -0.39 is 11.9 Å². The van der Waals surface area contributed by atoms with E-state index in [-0.39, 0.29) is 6.61 Å². The molecule has 1 unspecified atom stereocenters. The van der Waals surface area contributed by atoms with Gasteiger partial charge in [-0.1, -0.05) is 6.92 Å². The van der Waals surface area contributed by atoms with Gasteiger partial charge in [0.1, 0.15) is 0 Å². The van der Waals surface area contributed by atoms with Crippen molar-refractivity contribution < 1.29 is 15.0 Å². The van der Waals surface area contributed by atoms with Crippen molar-refractivity contribution in [3.63, 3.8) is 0 Å². The second-order valence-electron chi connectivity index (χ2n) is 3.28. The summed E-state index contributed by atoms with van der Waals surface area (Å²) in [5.74, 6) is -1.21. The molecule has 14 heavy (non-hydrogen) atoms. The molecule has 0 saturated carbocycles. The Balaban J connectivity index is 2.55. The largest absolute Gasteiger partial charge is 0.481 e. The fraction of sp³-hybridized carbons (Fsp3) is 0.556. The zero-order valence-corrected chi connectivity index (χ0v) is 8.05. The molecule has 0 aliphatic rings. The van der Waals surface area contributed by atoms with Crippen LogP contribution in [0.2, 0.25) is 0 Å². The Morgan fingerprint density at radius 1 is 1.71 bits per heavy atom. The van der Waals surface area contributed by atoms with Crippen molar-refractivity contribution in [3.05, 3.63) is 18.0 Å². The van der Waals surface area contributed by atoms with Crippen LogP contribution < -0.4 is 0 Å². The number of hydrogen-bond acceptors (Lipinski definition) is 3. The summed E-state index contributed by atoms with van der Waals surface area (Å²) in [4.78, 5) is 10.6. The van der Waals surface area contributed by atoms with E-state index in [0.717, 1.165) is 5.56 Å². The molecule has 0 spiro atoms. The van der Waals surface area contributed by atoms with Crippen molar-refractivity contribution in [2.45, 2.75) is 19.9 Å². The molecule has 1 rings (SSSR count). The number of nitrogens with zero attached hydrogens (tertiary/aromatic N) is 2. The molecule has 0 aliphatic carbocycles. The van der Waals surface area contributed by atoms with E-state index in [9.17, 15) is 4.79 Å². The molecule has 0 aliphatic heterocycles. The van der Waals surface area contributed by atoms with Crippen LogP contribution in [0.15, 0.2) is 12.4 Å². The number of rotatable bonds is 5. The number of carboxylic acids is 1. The van der Waals surface area contributed by atoms with Crippen molar-refractivity contribution in [2.24, 2.45) is 5.92 Å². The van der Waals surface area contributed by atoms with Gasteiger partial charge in [0, 0.05) is 6.20 Å². The number of carboxylic acid groups (broad SMARTS) is 1. The Hall–Kier alpha value is -1.36. The van der Waals surface area contributed by atoms with Gasteiger partial charge in [-0.3, -0.25) is 9.48 Å². The lowest BCUT2D eigenvalue weighted by Gasteiger charge is -2.02. The van der Waals surface area contributed by atoms with Crippen molar-refractivity contribution in [2.75, 3.05) is 6.61 Å². The summed E-state index contributed by atoms with van der Waals surface area (Å²) in [7, 11) is 0. The Morgan fingerprint density at radius 3 is 3.00 bits per heavy atom. The molecule has 5 nitrogen and oxygen atoms in total. The van der Waals surface area contributed by atoms with Gasteiger partial charge in [-0.15, -0.1) is 0 Å². The van der Waals surface area contributed by atoms with Crippen LogP contribution in [-0.2, 0) is 17.8 Å². The number of aromatic nitrogens is 2. The molecule has 0 aromatic carbocycles. The lowest BCUT2D eigenvalue weighted by atomic mass is 10.0. The number of aliphatic hydroxyl groups excluding tert-OH is 1. The van der Waals surface area contributed by atoms with E-state index in [1.54, 1.807) is 24.0 Å². The average Bonchev–Trinajstić information content (AvgIpc) is 2.53. The minimum absolute atomic E-state index is 0.0373. The second kappa shape index (κ2) is 4.76. The zero-order valence-electron chi connectivity index (χ0n) is 8.05. The first-order chi connectivity index (χ1) is 6.63. The highest BCUT2D eigenvalue weighted by Crippen LogP contribution is 2.07. The van der Waals surface area contributed by atoms with Gasteiger partial charge in [-0.25, -0.2) is 0 Å². The van der Waals surface area contributed by atoms with E-state index in [1.165, 1.54) is 0 Å². The minimum atomic E-state index is -0.806. The molecule has 0 bridgehead atoms. The van der Waals surface area contributed by atoms with Crippen LogP contribution >= 0.6 is 0 Å². The van der Waals surface area contributed by atoms with Gasteiger partial charge in [-0.05, 0) is 12.0 Å². The molecule has 1 aromatic heterocycles. The average molecular weight is 198 g/mol. The number of aliphatic carboxylic acids is 1. The van der Waals surface area contributed by atoms with E-state index in [0.29, 0.717) is 13.0 Å². The fourth-order valence-electron chi connectivity index (χ4n) is 1.18. The number of aliphatic hydroxyl groups is 1. The van der Waals surface area contributed by atoms with Crippen molar-refractivity contribution >= 4 is 5.97 Å². The Bertz CT molecular complexity index is 309. The van der Waals surface area contributed by atoms with Gasteiger partial charge >= 0.3 is 5.97 Å². The molecule has 0 amide bonds. The maximum Gasteiger partial charge on any atom is 0.306 e. The monoisotopic (exact) mass is 198 g/mol. The third-order valence-electron chi connectivity index (χ3n) is 1.98. The molecule has 0 saturated heterocycles. The van der Waals surface area contributed by atoms with Gasteiger partial charge in [0.25, 0.3) is 0 Å². The minimum Gasteiger partial charge on any atom is -0.481 e. The summed E-state index contributed by atoms with van der Waals surface area (Å²) in [5.41, 5.74) is 0.883. The van der Waals surface area contributed by atoms with Crippen LogP contribution in [-0.4, -0.2) is 32.6 Å². The molecule has 0 radical (unpaired) electrons. The predicted octanol–water partition coefficient (Wildman–Crippen LogP) is 0.139. The van der Waals surface area contributed by atoms with Crippen LogP contribution in [0, 0.1) is 5.92 Å². The second-order valence-corrected chi connectivity index (χ2v) is 3.28. The summed E-state index contributed by atoms with van der Waals surface area (Å²) >= 11 is 0. The predicted molar refractivity (Wildman–Crippen MR) is 49.8 cm³/mol. The molecular formula is C9H14N2O3. The summed E-state index contributed by atoms with van der Waals surface area (Å²) in [6, 6.07) is 0. The molecule has 78 valence electrons. The lowest BCUT2D eigenvalue weighted by Crippen LogP contribution is -2.11. The number of hydrogen-bond donors (Lipinski definition) is 2. The summed E-state index contributed by atoms with van der Waals surface area (Å²) in [6.45, 7) is 2.14. The summed E-state index contributed by atoms with van der Waals surface area (Å²) in [5, 5.41) is 21.3. The van der Waals surface area contributed by atoms with Gasteiger partial charge in [0.15, 0.2) is 0 Å². The van der Waals surface area contributed by atoms with Gasteiger partial charge in [-0.2, -0.15) is 5.10 Å². The Morgan fingerprint density at radius 2 is 2.43 bits per heavy atom. The molecule has 1 heterocycles. The Labute approximate surface area is 82.0 Å². The van der Waals surface area contributed by atoms with Crippen LogP contribution in [0.5, 0.6) is 0 Å². The van der Waals surface area contributed by atoms with Crippen molar-refractivity contribution in [1.29, 1.82) is 0 Å². The first-order valence-electron chi connectivity index (χ1n) is 4.48. The number of carbonyl (C=O) groups is 1. The quantitative estimate of drug-likeness (QED) is 0.705. The maximum absolute atomic E-state index is 10.6. The Kier molecular flexibility index (Phi) is 3.64. The normalized spacial score (nSPS) is 12.7. The first-order valence-corrected chi connectivity index (χ1v) is 4.48. The van der Waals surface area contributed by atoms with Crippen molar-refractivity contribution in [3.8, 4) is 0 Å². The molecule has 5 heteroatoms. The van der Waals surface area contributed by atoms with Crippen LogP contribution in [0.4, 0.5) is 0 Å². The van der Waals surface area contributed by atoms with Gasteiger partial charge < -0.3 is 10.2 Å². The lowest BCUT2D eigenvalue weighted by molar-refractivity contribution is -0.141. The third-order valence-corrected chi connectivity index (χ3v) is 1.98. The van der Waals surface area contributed by atoms with E-state index in [1.807, 2.05) is 0 Å². The first kappa shape index (κ1) is 10.7. The SMILES string of the molecule is CC(Cc1cnn(CCO)c1)C(=O)O. The summed E-state index contributed by atoms with van der Waals surface area (Å²) in [6.07, 6.45) is 3.87. The smallest absolute Gasteiger partial charge is 0.306 e. The van der Waals surface area contributed by atoms with Crippen LogP contribution in [0.25, 0.3) is 0 Å². The molecular weight excluding hydrogens is 184 g/mol. The maximum atomic E-state index is 10.6. The van der Waals surface area contributed by atoms with Crippen LogP contribution in [0.3, 0.4) is 0 Å². The highest BCUT2D eigenvalue weighted by molar-refractivity contribution is 5.69. The molecule has 2 N–H and O–H groups in total. The molecule has 0 fully saturated rings. The van der Waals surface area contributed by atoms with Crippen molar-refractivity contribution in [1.82, 2.24) is 9.78 Å². The fourth-order valence-corrected chi connectivity index (χ4v) is 1.18. The standard InChI is InChI=1S/C9H14N2O3/c1-7(9(13)14)4-8-5-10-11(6-8)2-3-12/h5-7,12H,2-4H2,1H3,(H,13,14). The third kappa shape index (κ3) is 2.85. The van der Waals surface area contributed by atoms with E-state index in [4.69, 9.17) is 10.2 Å². The summed E-state index contributed by atoms with van der Waals surface area (Å²) < 4.78 is 1.60. The highest BCUT2D eigenvalue weighted by Gasteiger charge is 2.12. The van der Waals surface area contributed by atoms with Crippen LogP contribution in [0.1, 0.15) is 12.5 Å². The topological polar surface area (TPSA) is 75.3 Å². The van der Waals surface area contributed by atoms with E-state index >= 15 is 0 Å². The molecule has 1 atom stereocenters. The van der Waals surface area contributed by atoms with Gasteiger partial charge in [0.2, 0.25) is 0 Å². The molecule has 1 aromatic rings. The van der Waals surface area contributed by atoms with E-state index in [2.05, 4.69) is 5.10 Å². The highest BCUT2D eigenvalue weighted by atomic mass is 16.4. The zero-order chi connectivity index (χ0) is 10.6. The van der Waals surface area contributed by atoms with Gasteiger partial charge in [0.05, 0.1) is 25.3 Å².